The Labute approximate surface area is 122 Å². The van der Waals surface area contributed by atoms with Crippen LogP contribution in [0.25, 0.3) is 10.9 Å². The third kappa shape index (κ3) is 3.22. The summed E-state index contributed by atoms with van der Waals surface area (Å²) in [6, 6.07) is 5.40. The minimum Gasteiger partial charge on any atom is -0.497 e. The van der Waals surface area contributed by atoms with Gasteiger partial charge in [0.25, 0.3) is 0 Å². The van der Waals surface area contributed by atoms with Crippen molar-refractivity contribution >= 4 is 22.6 Å². The van der Waals surface area contributed by atoms with Crippen LogP contribution in [0.2, 0.25) is 0 Å². The van der Waals surface area contributed by atoms with E-state index >= 15 is 0 Å². The van der Waals surface area contributed by atoms with Crippen LogP contribution in [0, 0.1) is 0 Å². The summed E-state index contributed by atoms with van der Waals surface area (Å²) >= 11 is 0. The maximum atomic E-state index is 12.0. The molecule has 2 N–H and O–H groups in total. The number of pyridine rings is 1. The van der Waals surface area contributed by atoms with E-state index in [-0.39, 0.29) is 6.61 Å². The van der Waals surface area contributed by atoms with Crippen molar-refractivity contribution in [2.45, 2.75) is 6.92 Å². The van der Waals surface area contributed by atoms with Crippen LogP contribution in [0.5, 0.6) is 5.75 Å². The molecule has 21 heavy (non-hydrogen) atoms. The molecule has 1 heterocycles. The zero-order valence-corrected chi connectivity index (χ0v) is 12.0. The Morgan fingerprint density at radius 1 is 1.43 bits per heavy atom. The van der Waals surface area contributed by atoms with Crippen LogP contribution >= 0.6 is 0 Å². The number of hydrogen-bond acceptors (Lipinski definition) is 6. The van der Waals surface area contributed by atoms with Crippen LogP contribution in [-0.4, -0.2) is 42.9 Å². The summed E-state index contributed by atoms with van der Waals surface area (Å²) in [5, 5.41) is 12.8. The molecule has 0 atom stereocenters. The highest BCUT2D eigenvalue weighted by molar-refractivity contribution is 6.05. The predicted molar refractivity (Wildman–Crippen MR) is 79.8 cm³/mol. The first-order chi connectivity index (χ1) is 10.2. The van der Waals surface area contributed by atoms with E-state index in [2.05, 4.69) is 10.3 Å². The zero-order valence-electron chi connectivity index (χ0n) is 12.0. The number of fused-ring (bicyclic) bond motifs is 1. The van der Waals surface area contributed by atoms with Crippen LogP contribution in [0.4, 0.5) is 5.69 Å². The fraction of sp³-hybridized carbons (Fsp3) is 0.333. The van der Waals surface area contributed by atoms with Crippen LogP contribution in [0.3, 0.4) is 0 Å². The molecule has 2 rings (SSSR count). The van der Waals surface area contributed by atoms with Gasteiger partial charge in [0.2, 0.25) is 0 Å². The molecule has 0 fully saturated rings. The Morgan fingerprint density at radius 2 is 2.24 bits per heavy atom. The molecule has 0 aliphatic heterocycles. The van der Waals surface area contributed by atoms with Gasteiger partial charge in [-0.2, -0.15) is 0 Å². The summed E-state index contributed by atoms with van der Waals surface area (Å²) in [5.74, 6) is 0.246. The second-order valence-electron chi connectivity index (χ2n) is 4.30. The van der Waals surface area contributed by atoms with E-state index in [1.54, 1.807) is 26.2 Å². The third-order valence-electron chi connectivity index (χ3n) is 2.99. The van der Waals surface area contributed by atoms with Crippen molar-refractivity contribution < 1.29 is 19.4 Å². The number of methoxy groups -OCH3 is 1. The summed E-state index contributed by atoms with van der Waals surface area (Å²) in [6.45, 7) is 2.33. The Morgan fingerprint density at radius 3 is 2.90 bits per heavy atom. The van der Waals surface area contributed by atoms with E-state index < -0.39 is 5.97 Å². The van der Waals surface area contributed by atoms with E-state index in [0.717, 1.165) is 5.39 Å². The maximum Gasteiger partial charge on any atom is 0.341 e. The van der Waals surface area contributed by atoms with Crippen molar-refractivity contribution in [3.8, 4) is 5.75 Å². The van der Waals surface area contributed by atoms with Gasteiger partial charge < -0.3 is 19.9 Å². The van der Waals surface area contributed by atoms with Crippen molar-refractivity contribution in [2.75, 3.05) is 32.2 Å². The van der Waals surface area contributed by atoms with Crippen molar-refractivity contribution in [1.82, 2.24) is 4.98 Å². The Kier molecular flexibility index (Phi) is 4.94. The maximum absolute atomic E-state index is 12.0. The molecule has 0 aliphatic rings. The van der Waals surface area contributed by atoms with Crippen LogP contribution in [0.15, 0.2) is 24.4 Å². The molecule has 0 saturated carbocycles. The molecule has 0 saturated heterocycles. The van der Waals surface area contributed by atoms with Gasteiger partial charge in [0.15, 0.2) is 0 Å². The van der Waals surface area contributed by atoms with Crippen LogP contribution in [0.1, 0.15) is 17.3 Å². The number of anilines is 1. The summed E-state index contributed by atoms with van der Waals surface area (Å²) in [6.07, 6.45) is 1.47. The normalized spacial score (nSPS) is 10.4. The number of esters is 1. The molecule has 6 heteroatoms. The fourth-order valence-corrected chi connectivity index (χ4v) is 2.04. The molecule has 0 aliphatic carbocycles. The van der Waals surface area contributed by atoms with Gasteiger partial charge in [-0.1, -0.05) is 0 Å². The molecule has 112 valence electrons. The predicted octanol–water partition coefficient (Wildman–Crippen LogP) is 1.82. The standard InChI is InChI=1S/C15H18N2O4/c1-3-21-15(19)12-9-17-13-8-10(20-2)4-5-11(13)14(12)16-6-7-18/h4-5,8-9,18H,3,6-7H2,1-2H3,(H,16,17). The summed E-state index contributed by atoms with van der Waals surface area (Å²) < 4.78 is 10.2. The van der Waals surface area contributed by atoms with Gasteiger partial charge in [-0.05, 0) is 19.1 Å². The number of carbonyl (C=O) groups excluding carboxylic acids is 1. The van der Waals surface area contributed by atoms with Gasteiger partial charge in [0, 0.05) is 24.2 Å². The highest BCUT2D eigenvalue weighted by Crippen LogP contribution is 2.29. The van der Waals surface area contributed by atoms with Gasteiger partial charge in [0.1, 0.15) is 11.3 Å². The molecule has 0 unspecified atom stereocenters. The number of aromatic nitrogens is 1. The lowest BCUT2D eigenvalue weighted by atomic mass is 10.1. The number of ether oxygens (including phenoxy) is 2. The molecular weight excluding hydrogens is 272 g/mol. The first kappa shape index (κ1) is 15.1. The van der Waals surface area contributed by atoms with Crippen molar-refractivity contribution in [2.24, 2.45) is 0 Å². The molecule has 0 amide bonds. The SMILES string of the molecule is CCOC(=O)c1cnc2cc(OC)ccc2c1NCCO. The lowest BCUT2D eigenvalue weighted by Crippen LogP contribution is -2.13. The second kappa shape index (κ2) is 6.90. The van der Waals surface area contributed by atoms with Gasteiger partial charge in [-0.3, -0.25) is 4.98 Å². The van der Waals surface area contributed by atoms with Crippen molar-refractivity contribution in [1.29, 1.82) is 0 Å². The molecule has 0 spiro atoms. The molecule has 6 nitrogen and oxygen atoms in total. The quantitative estimate of drug-likeness (QED) is 0.790. The highest BCUT2D eigenvalue weighted by Gasteiger charge is 2.16. The topological polar surface area (TPSA) is 80.7 Å². The zero-order chi connectivity index (χ0) is 15.2. The summed E-state index contributed by atoms with van der Waals surface area (Å²) in [4.78, 5) is 16.3. The average molecular weight is 290 g/mol. The smallest absolute Gasteiger partial charge is 0.341 e. The van der Waals surface area contributed by atoms with E-state index in [4.69, 9.17) is 14.6 Å². The molecular formula is C15H18N2O4. The van der Waals surface area contributed by atoms with E-state index in [0.29, 0.717) is 35.7 Å². The number of hydrogen-bond donors (Lipinski definition) is 2. The van der Waals surface area contributed by atoms with Gasteiger partial charge >= 0.3 is 5.97 Å². The Balaban J connectivity index is 2.55. The lowest BCUT2D eigenvalue weighted by Gasteiger charge is -2.13. The number of carbonyl (C=O) groups is 1. The minimum absolute atomic E-state index is 0.0394. The molecule has 0 bridgehead atoms. The van der Waals surface area contributed by atoms with Gasteiger partial charge in [-0.15, -0.1) is 0 Å². The molecule has 2 aromatic rings. The number of nitrogens with one attached hydrogen (secondary N) is 1. The van der Waals surface area contributed by atoms with Crippen molar-refractivity contribution in [3.63, 3.8) is 0 Å². The first-order valence-electron chi connectivity index (χ1n) is 6.69. The molecule has 0 radical (unpaired) electrons. The van der Waals surface area contributed by atoms with E-state index in [1.165, 1.54) is 6.20 Å². The number of rotatable bonds is 6. The number of aliphatic hydroxyl groups excluding tert-OH is 1. The third-order valence-corrected chi connectivity index (χ3v) is 2.99. The highest BCUT2D eigenvalue weighted by atomic mass is 16.5. The average Bonchev–Trinajstić information content (AvgIpc) is 2.51. The largest absolute Gasteiger partial charge is 0.497 e. The Bertz CT molecular complexity index is 643. The van der Waals surface area contributed by atoms with Crippen molar-refractivity contribution in [3.05, 3.63) is 30.0 Å². The minimum atomic E-state index is -0.442. The second-order valence-corrected chi connectivity index (χ2v) is 4.30. The summed E-state index contributed by atoms with van der Waals surface area (Å²) in [7, 11) is 1.58. The number of benzene rings is 1. The number of nitrogens with zero attached hydrogens (tertiary/aromatic N) is 1. The monoisotopic (exact) mass is 290 g/mol. The van der Waals surface area contributed by atoms with Gasteiger partial charge in [-0.25, -0.2) is 4.79 Å². The van der Waals surface area contributed by atoms with Crippen LogP contribution in [-0.2, 0) is 4.74 Å². The van der Waals surface area contributed by atoms with Crippen LogP contribution < -0.4 is 10.1 Å². The number of aliphatic hydroxyl groups is 1. The fourth-order valence-electron chi connectivity index (χ4n) is 2.04. The molecule has 1 aromatic carbocycles. The van der Waals surface area contributed by atoms with E-state index in [9.17, 15) is 4.79 Å². The summed E-state index contributed by atoms with van der Waals surface area (Å²) in [5.41, 5.74) is 1.65. The van der Waals surface area contributed by atoms with Gasteiger partial charge in [0.05, 0.1) is 31.5 Å². The Hall–Kier alpha value is -2.34. The lowest BCUT2D eigenvalue weighted by molar-refractivity contribution is 0.0527. The molecule has 1 aromatic heterocycles. The van der Waals surface area contributed by atoms with E-state index in [1.807, 2.05) is 6.07 Å². The first-order valence-corrected chi connectivity index (χ1v) is 6.69.